The van der Waals surface area contributed by atoms with Crippen molar-refractivity contribution >= 4 is 11.6 Å². The summed E-state index contributed by atoms with van der Waals surface area (Å²) >= 11 is 6.12. The van der Waals surface area contributed by atoms with E-state index in [0.717, 1.165) is 0 Å². The molecule has 1 unspecified atom stereocenters. The number of hydrogen-bond acceptors (Lipinski definition) is 4. The molecule has 0 saturated carbocycles. The Morgan fingerprint density at radius 2 is 2.00 bits per heavy atom. The van der Waals surface area contributed by atoms with E-state index in [4.69, 9.17) is 21.1 Å². The molecule has 0 aliphatic rings. The molecule has 1 rings (SSSR count). The summed E-state index contributed by atoms with van der Waals surface area (Å²) in [6.07, 6.45) is 1.32. The van der Waals surface area contributed by atoms with Crippen LogP contribution in [0.25, 0.3) is 0 Å². The van der Waals surface area contributed by atoms with Gasteiger partial charge in [0.1, 0.15) is 5.60 Å². The second kappa shape index (κ2) is 6.02. The highest BCUT2D eigenvalue weighted by Crippen LogP contribution is 2.33. The van der Waals surface area contributed by atoms with Crippen LogP contribution in [0.5, 0.6) is 0 Å². The van der Waals surface area contributed by atoms with Gasteiger partial charge in [-0.1, -0.05) is 11.6 Å². The van der Waals surface area contributed by atoms with Crippen LogP contribution in [0.1, 0.15) is 38.9 Å². The van der Waals surface area contributed by atoms with Gasteiger partial charge in [-0.3, -0.25) is 4.68 Å². The van der Waals surface area contributed by atoms with Crippen LogP contribution < -0.4 is 0 Å². The smallest absolute Gasteiger partial charge is 0.159 e. The Balaban J connectivity index is 3.07. The summed E-state index contributed by atoms with van der Waals surface area (Å²) in [5.74, 6) is 0. The molecule has 0 aliphatic heterocycles. The minimum atomic E-state index is -1.17. The fourth-order valence-corrected chi connectivity index (χ4v) is 2.25. The van der Waals surface area contributed by atoms with Gasteiger partial charge in [-0.25, -0.2) is 0 Å². The molecule has 0 spiro atoms. The average molecular weight is 277 g/mol. The van der Waals surface area contributed by atoms with Gasteiger partial charge in [-0.15, -0.1) is 0 Å². The molecule has 104 valence electrons. The second-order valence-corrected chi connectivity index (χ2v) is 5.17. The molecule has 0 bridgehead atoms. The Labute approximate surface area is 113 Å². The number of ether oxygens (including phenoxy) is 2. The zero-order valence-corrected chi connectivity index (χ0v) is 12.2. The maximum absolute atomic E-state index is 10.6. The number of halogens is 1. The lowest BCUT2D eigenvalue weighted by atomic mass is 9.97. The summed E-state index contributed by atoms with van der Waals surface area (Å²) in [6, 6.07) is 0.113. The van der Waals surface area contributed by atoms with Crippen molar-refractivity contribution in [1.29, 1.82) is 0 Å². The van der Waals surface area contributed by atoms with Gasteiger partial charge in [0, 0.05) is 26.7 Å². The molecular formula is C12H21ClN2O3. The van der Waals surface area contributed by atoms with Crippen molar-refractivity contribution in [3.8, 4) is 0 Å². The van der Waals surface area contributed by atoms with Crippen LogP contribution in [0, 0.1) is 0 Å². The first-order chi connectivity index (χ1) is 8.33. The molecule has 0 fully saturated rings. The zero-order chi connectivity index (χ0) is 13.9. The lowest BCUT2D eigenvalue weighted by Gasteiger charge is -2.29. The lowest BCUT2D eigenvalue weighted by Crippen LogP contribution is -2.32. The molecule has 0 saturated heterocycles. The van der Waals surface area contributed by atoms with Crippen molar-refractivity contribution in [2.75, 3.05) is 14.2 Å². The molecule has 5 nitrogen and oxygen atoms in total. The molecule has 0 aromatic carbocycles. The minimum absolute atomic E-state index is 0.113. The molecule has 1 N–H and O–H groups in total. The fraction of sp³-hybridized carbons (Fsp3) is 0.750. The van der Waals surface area contributed by atoms with Crippen LogP contribution in [0.15, 0.2) is 6.20 Å². The number of rotatable bonds is 6. The maximum atomic E-state index is 10.6. The fourth-order valence-electron chi connectivity index (χ4n) is 1.92. The Bertz CT molecular complexity index is 387. The third-order valence-corrected chi connectivity index (χ3v) is 3.12. The summed E-state index contributed by atoms with van der Waals surface area (Å²) in [4.78, 5) is 0. The van der Waals surface area contributed by atoms with Gasteiger partial charge >= 0.3 is 0 Å². The summed E-state index contributed by atoms with van der Waals surface area (Å²) in [5, 5.41) is 15.2. The van der Waals surface area contributed by atoms with Crippen molar-refractivity contribution in [2.45, 2.75) is 45.1 Å². The van der Waals surface area contributed by atoms with Gasteiger partial charge < -0.3 is 14.6 Å². The molecular weight excluding hydrogens is 256 g/mol. The summed E-state index contributed by atoms with van der Waals surface area (Å²) in [6.45, 7) is 5.64. The van der Waals surface area contributed by atoms with Crippen LogP contribution in [-0.2, 0) is 15.1 Å². The normalized spacial score (nSPS) is 15.4. The standard InChI is InChI=1S/C12H21ClN2O3/c1-8(2)15-11(9(13)7-14-15)12(3,16)6-10(17-4)18-5/h7-8,10,16H,6H2,1-5H3. The van der Waals surface area contributed by atoms with E-state index in [0.29, 0.717) is 10.7 Å². The van der Waals surface area contributed by atoms with E-state index >= 15 is 0 Å². The second-order valence-electron chi connectivity index (χ2n) is 4.76. The minimum Gasteiger partial charge on any atom is -0.384 e. The highest BCUT2D eigenvalue weighted by molar-refractivity contribution is 6.31. The van der Waals surface area contributed by atoms with Crippen LogP contribution in [0.3, 0.4) is 0 Å². The van der Waals surface area contributed by atoms with Gasteiger partial charge in [-0.05, 0) is 20.8 Å². The van der Waals surface area contributed by atoms with E-state index in [9.17, 15) is 5.11 Å². The first-order valence-electron chi connectivity index (χ1n) is 5.85. The third-order valence-electron chi connectivity index (χ3n) is 2.84. The lowest BCUT2D eigenvalue weighted by molar-refractivity contribution is -0.143. The molecule has 0 amide bonds. The van der Waals surface area contributed by atoms with E-state index < -0.39 is 11.9 Å². The highest BCUT2D eigenvalue weighted by Gasteiger charge is 2.34. The van der Waals surface area contributed by atoms with Crippen LogP contribution >= 0.6 is 11.6 Å². The topological polar surface area (TPSA) is 56.5 Å². The molecule has 1 atom stereocenters. The summed E-state index contributed by atoms with van der Waals surface area (Å²) in [7, 11) is 3.07. The van der Waals surface area contributed by atoms with Crippen LogP contribution in [0.4, 0.5) is 0 Å². The predicted octanol–water partition coefficient (Wildman–Crippen LogP) is 2.33. The Morgan fingerprint density at radius 1 is 1.44 bits per heavy atom. The van der Waals surface area contributed by atoms with Crippen molar-refractivity contribution < 1.29 is 14.6 Å². The van der Waals surface area contributed by atoms with Crippen LogP contribution in [0.2, 0.25) is 5.02 Å². The Kier molecular flexibility index (Phi) is 5.16. The SMILES string of the molecule is COC(CC(C)(O)c1c(Cl)cnn1C(C)C)OC. The molecule has 1 aromatic heterocycles. The molecule has 0 aliphatic carbocycles. The number of aliphatic hydroxyl groups is 1. The van der Waals surface area contributed by atoms with Crippen LogP contribution in [-0.4, -0.2) is 35.4 Å². The molecule has 1 aromatic rings. The summed E-state index contributed by atoms with van der Waals surface area (Å²) in [5.41, 5.74) is -0.590. The van der Waals surface area contributed by atoms with Gasteiger partial charge in [0.2, 0.25) is 0 Å². The first-order valence-corrected chi connectivity index (χ1v) is 6.22. The predicted molar refractivity (Wildman–Crippen MR) is 69.6 cm³/mol. The highest BCUT2D eigenvalue weighted by atomic mass is 35.5. The Morgan fingerprint density at radius 3 is 2.44 bits per heavy atom. The monoisotopic (exact) mass is 276 g/mol. The number of methoxy groups -OCH3 is 2. The largest absolute Gasteiger partial charge is 0.384 e. The molecule has 1 heterocycles. The summed E-state index contributed by atoms with van der Waals surface area (Å²) < 4.78 is 12.0. The van der Waals surface area contributed by atoms with E-state index in [1.807, 2.05) is 13.8 Å². The first kappa shape index (κ1) is 15.4. The van der Waals surface area contributed by atoms with Crippen molar-refractivity contribution in [1.82, 2.24) is 9.78 Å². The average Bonchev–Trinajstić information content (AvgIpc) is 2.69. The molecule has 18 heavy (non-hydrogen) atoms. The van der Waals surface area contributed by atoms with Crippen molar-refractivity contribution in [3.63, 3.8) is 0 Å². The van der Waals surface area contributed by atoms with E-state index in [1.54, 1.807) is 17.8 Å². The van der Waals surface area contributed by atoms with Gasteiger partial charge in [0.05, 0.1) is 16.9 Å². The number of hydrogen-bond donors (Lipinski definition) is 1. The maximum Gasteiger partial charge on any atom is 0.159 e. The van der Waals surface area contributed by atoms with E-state index in [1.165, 1.54) is 14.2 Å². The zero-order valence-electron chi connectivity index (χ0n) is 11.5. The third kappa shape index (κ3) is 3.23. The molecule has 0 radical (unpaired) electrons. The van der Waals surface area contributed by atoms with Gasteiger partial charge in [0.15, 0.2) is 6.29 Å². The van der Waals surface area contributed by atoms with Crippen molar-refractivity contribution in [2.24, 2.45) is 0 Å². The van der Waals surface area contributed by atoms with Gasteiger partial charge in [-0.2, -0.15) is 5.10 Å². The number of nitrogens with zero attached hydrogens (tertiary/aromatic N) is 2. The quantitative estimate of drug-likeness (QED) is 0.810. The van der Waals surface area contributed by atoms with E-state index in [-0.39, 0.29) is 12.5 Å². The van der Waals surface area contributed by atoms with E-state index in [2.05, 4.69) is 5.10 Å². The Hall–Kier alpha value is -0.620. The number of aromatic nitrogens is 2. The van der Waals surface area contributed by atoms with Gasteiger partial charge in [0.25, 0.3) is 0 Å². The van der Waals surface area contributed by atoms with Crippen molar-refractivity contribution in [3.05, 3.63) is 16.9 Å². The molecule has 6 heteroatoms.